The molecule has 1 aliphatic carbocycles. The van der Waals surface area contributed by atoms with Crippen molar-refractivity contribution in [3.8, 4) is 0 Å². The zero-order chi connectivity index (χ0) is 14.7. The van der Waals surface area contributed by atoms with Crippen LogP contribution in [-0.4, -0.2) is 18.0 Å². The van der Waals surface area contributed by atoms with Gasteiger partial charge in [0.25, 0.3) is 0 Å². The Balaban J connectivity index is 1.57. The molecule has 1 saturated carbocycles. The lowest BCUT2D eigenvalue weighted by Crippen LogP contribution is -2.50. The van der Waals surface area contributed by atoms with Crippen molar-refractivity contribution >= 4 is 5.91 Å². The number of nitrogens with one attached hydrogen (secondary N) is 2. The van der Waals surface area contributed by atoms with E-state index in [0.29, 0.717) is 6.04 Å². The predicted octanol–water partition coefficient (Wildman–Crippen LogP) is 2.79. The summed E-state index contributed by atoms with van der Waals surface area (Å²) in [4.78, 5) is 12.5. The van der Waals surface area contributed by atoms with E-state index >= 15 is 0 Å². The highest BCUT2D eigenvalue weighted by molar-refractivity contribution is 5.82. The van der Waals surface area contributed by atoms with E-state index in [1.807, 2.05) is 0 Å². The molecule has 2 N–H and O–H groups in total. The number of benzene rings is 1. The zero-order valence-corrected chi connectivity index (χ0v) is 12.9. The van der Waals surface area contributed by atoms with Gasteiger partial charge in [-0.1, -0.05) is 44.0 Å². The Morgan fingerprint density at radius 1 is 1.14 bits per heavy atom. The third-order valence-corrected chi connectivity index (χ3v) is 5.00. The van der Waals surface area contributed by atoms with Crippen molar-refractivity contribution in [2.45, 2.75) is 64.1 Å². The molecule has 1 aromatic rings. The lowest BCUT2D eigenvalue weighted by Gasteiger charge is -2.27. The highest BCUT2D eigenvalue weighted by Gasteiger charge is 2.26. The Hall–Kier alpha value is -1.35. The summed E-state index contributed by atoms with van der Waals surface area (Å²) < 4.78 is 0. The third kappa shape index (κ3) is 3.65. The van der Waals surface area contributed by atoms with Crippen molar-refractivity contribution in [3.63, 3.8) is 0 Å². The topological polar surface area (TPSA) is 41.1 Å². The van der Waals surface area contributed by atoms with E-state index in [2.05, 4.69) is 41.8 Å². The smallest absolute Gasteiger partial charge is 0.237 e. The monoisotopic (exact) mass is 286 g/mol. The van der Waals surface area contributed by atoms with Gasteiger partial charge in [-0.25, -0.2) is 0 Å². The molecule has 0 bridgehead atoms. The van der Waals surface area contributed by atoms with Crippen LogP contribution < -0.4 is 10.6 Å². The SMILES string of the molecule is CC1CCCC(NC(=O)[C@H]2Cc3ccccc3CN2)CC1. The fraction of sp³-hybridized carbons (Fsp3) is 0.611. The van der Waals surface area contributed by atoms with Gasteiger partial charge in [0.15, 0.2) is 0 Å². The standard InChI is InChI=1S/C18H26N2O/c1-13-5-4-8-16(10-9-13)20-18(21)17-11-14-6-2-3-7-15(14)12-19-17/h2-3,6-7,13,16-17,19H,4-5,8-12H2,1H3,(H,20,21)/t13?,16?,17-/m1/s1. The maximum atomic E-state index is 12.5. The quantitative estimate of drug-likeness (QED) is 0.821. The van der Waals surface area contributed by atoms with Crippen LogP contribution in [0.4, 0.5) is 0 Å². The summed E-state index contributed by atoms with van der Waals surface area (Å²) >= 11 is 0. The molecule has 0 saturated heterocycles. The minimum Gasteiger partial charge on any atom is -0.352 e. The molecule has 3 heteroatoms. The largest absolute Gasteiger partial charge is 0.352 e. The summed E-state index contributed by atoms with van der Waals surface area (Å²) in [5.74, 6) is 0.996. The number of carbonyl (C=O) groups excluding carboxylic acids is 1. The van der Waals surface area contributed by atoms with Gasteiger partial charge >= 0.3 is 0 Å². The maximum absolute atomic E-state index is 12.5. The van der Waals surface area contributed by atoms with E-state index in [1.54, 1.807) is 0 Å². The second-order valence-corrected chi connectivity index (χ2v) is 6.73. The van der Waals surface area contributed by atoms with E-state index < -0.39 is 0 Å². The number of hydrogen-bond donors (Lipinski definition) is 2. The van der Waals surface area contributed by atoms with Crippen LogP contribution in [0.2, 0.25) is 0 Å². The van der Waals surface area contributed by atoms with Gasteiger partial charge in [-0.2, -0.15) is 0 Å². The van der Waals surface area contributed by atoms with Crippen molar-refractivity contribution in [2.75, 3.05) is 0 Å². The van der Waals surface area contributed by atoms with Gasteiger partial charge in [0.05, 0.1) is 6.04 Å². The van der Waals surface area contributed by atoms with Crippen LogP contribution >= 0.6 is 0 Å². The van der Waals surface area contributed by atoms with Gasteiger partial charge in [0.2, 0.25) is 5.91 Å². The van der Waals surface area contributed by atoms with Crippen LogP contribution in [-0.2, 0) is 17.8 Å². The fourth-order valence-corrected chi connectivity index (χ4v) is 3.57. The number of fused-ring (bicyclic) bond motifs is 1. The highest BCUT2D eigenvalue weighted by Crippen LogP contribution is 2.23. The Labute approximate surface area is 127 Å². The van der Waals surface area contributed by atoms with Crippen LogP contribution in [0.25, 0.3) is 0 Å². The number of carbonyl (C=O) groups is 1. The molecule has 3 atom stereocenters. The van der Waals surface area contributed by atoms with Gasteiger partial charge in [-0.15, -0.1) is 0 Å². The molecule has 0 radical (unpaired) electrons. The van der Waals surface area contributed by atoms with Crippen LogP contribution in [0.1, 0.15) is 50.2 Å². The van der Waals surface area contributed by atoms with E-state index in [1.165, 1.54) is 30.4 Å². The molecule has 3 rings (SSSR count). The Morgan fingerprint density at radius 3 is 2.81 bits per heavy atom. The first kappa shape index (κ1) is 14.6. The predicted molar refractivity (Wildman–Crippen MR) is 85.0 cm³/mol. The number of hydrogen-bond acceptors (Lipinski definition) is 2. The van der Waals surface area contributed by atoms with Crippen LogP contribution in [0.5, 0.6) is 0 Å². The number of rotatable bonds is 2. The number of amides is 1. The van der Waals surface area contributed by atoms with Crippen molar-refractivity contribution in [2.24, 2.45) is 5.92 Å². The second kappa shape index (κ2) is 6.61. The summed E-state index contributed by atoms with van der Waals surface area (Å²) in [5, 5.41) is 6.66. The minimum absolute atomic E-state index is 0.0689. The first-order valence-electron chi connectivity index (χ1n) is 8.33. The van der Waals surface area contributed by atoms with Gasteiger partial charge in [0, 0.05) is 12.6 Å². The second-order valence-electron chi connectivity index (χ2n) is 6.73. The lowest BCUT2D eigenvalue weighted by atomic mass is 9.95. The average Bonchev–Trinajstić information content (AvgIpc) is 2.71. The lowest BCUT2D eigenvalue weighted by molar-refractivity contribution is -0.124. The van der Waals surface area contributed by atoms with Crippen molar-refractivity contribution in [3.05, 3.63) is 35.4 Å². The van der Waals surface area contributed by atoms with Gasteiger partial charge in [-0.05, 0) is 42.7 Å². The molecule has 3 nitrogen and oxygen atoms in total. The maximum Gasteiger partial charge on any atom is 0.237 e. The molecule has 1 aromatic carbocycles. The van der Waals surface area contributed by atoms with Crippen molar-refractivity contribution < 1.29 is 4.79 Å². The molecule has 1 heterocycles. The first-order valence-corrected chi connectivity index (χ1v) is 8.33. The molecular weight excluding hydrogens is 260 g/mol. The Bertz CT molecular complexity index is 500. The van der Waals surface area contributed by atoms with Crippen molar-refractivity contribution in [1.29, 1.82) is 0 Å². The molecule has 114 valence electrons. The molecule has 21 heavy (non-hydrogen) atoms. The highest BCUT2D eigenvalue weighted by atomic mass is 16.2. The summed E-state index contributed by atoms with van der Waals surface area (Å²) in [5.41, 5.74) is 2.63. The van der Waals surface area contributed by atoms with Gasteiger partial charge in [0.1, 0.15) is 0 Å². The molecule has 2 aliphatic rings. The summed E-state index contributed by atoms with van der Waals surface area (Å²) in [6, 6.07) is 8.72. The minimum atomic E-state index is -0.0689. The molecule has 1 fully saturated rings. The summed E-state index contributed by atoms with van der Waals surface area (Å²) in [6.07, 6.45) is 6.88. The summed E-state index contributed by atoms with van der Waals surface area (Å²) in [7, 11) is 0. The normalized spacial score (nSPS) is 29.3. The van der Waals surface area contributed by atoms with E-state index in [0.717, 1.165) is 31.7 Å². The van der Waals surface area contributed by atoms with Crippen molar-refractivity contribution in [1.82, 2.24) is 10.6 Å². The molecule has 1 aliphatic heterocycles. The Kier molecular flexibility index (Phi) is 4.59. The average molecular weight is 286 g/mol. The van der Waals surface area contributed by atoms with E-state index in [4.69, 9.17) is 0 Å². The summed E-state index contributed by atoms with van der Waals surface area (Å²) in [6.45, 7) is 3.12. The Morgan fingerprint density at radius 2 is 1.95 bits per heavy atom. The third-order valence-electron chi connectivity index (χ3n) is 5.00. The van der Waals surface area contributed by atoms with Gasteiger partial charge < -0.3 is 10.6 Å². The van der Waals surface area contributed by atoms with Gasteiger partial charge in [-0.3, -0.25) is 4.79 Å². The molecule has 1 amide bonds. The van der Waals surface area contributed by atoms with Crippen LogP contribution in [0.15, 0.2) is 24.3 Å². The van der Waals surface area contributed by atoms with Crippen LogP contribution in [0.3, 0.4) is 0 Å². The van der Waals surface area contributed by atoms with Crippen LogP contribution in [0, 0.1) is 5.92 Å². The molecular formula is C18H26N2O. The fourth-order valence-electron chi connectivity index (χ4n) is 3.57. The first-order chi connectivity index (χ1) is 10.2. The zero-order valence-electron chi connectivity index (χ0n) is 12.9. The molecule has 2 unspecified atom stereocenters. The van der Waals surface area contributed by atoms with E-state index in [-0.39, 0.29) is 11.9 Å². The molecule has 0 aromatic heterocycles. The molecule has 0 spiro atoms. The van der Waals surface area contributed by atoms with E-state index in [9.17, 15) is 4.79 Å².